The summed E-state index contributed by atoms with van der Waals surface area (Å²) in [6, 6.07) is 14.3. The SMILES string of the molecule is CC1(C)Oc2ccccc2N(CCC(=O)NCCc2ccc(O)cc2)C1=O. The Bertz CT molecular complexity index is 830. The molecule has 0 saturated heterocycles. The maximum atomic E-state index is 12.7. The van der Waals surface area contributed by atoms with Gasteiger partial charge in [-0.3, -0.25) is 9.59 Å². The molecule has 1 aliphatic heterocycles. The smallest absolute Gasteiger partial charge is 0.270 e. The second-order valence-electron chi connectivity index (χ2n) is 7.05. The molecule has 142 valence electrons. The van der Waals surface area contributed by atoms with Crippen LogP contribution in [0.25, 0.3) is 0 Å². The molecule has 0 unspecified atom stereocenters. The summed E-state index contributed by atoms with van der Waals surface area (Å²) in [5.74, 6) is 0.609. The molecule has 0 fully saturated rings. The third-order valence-corrected chi connectivity index (χ3v) is 4.52. The van der Waals surface area contributed by atoms with E-state index in [9.17, 15) is 14.7 Å². The lowest BCUT2D eigenvalue weighted by atomic mass is 10.0. The number of carbonyl (C=O) groups excluding carboxylic acids is 2. The van der Waals surface area contributed by atoms with Crippen molar-refractivity contribution >= 4 is 17.5 Å². The Morgan fingerprint density at radius 3 is 2.59 bits per heavy atom. The molecule has 2 aromatic rings. The molecule has 2 N–H and O–H groups in total. The van der Waals surface area contributed by atoms with Crippen molar-refractivity contribution in [3.63, 3.8) is 0 Å². The van der Waals surface area contributed by atoms with Gasteiger partial charge in [0.05, 0.1) is 5.69 Å². The molecular formula is C21H24N2O4. The highest BCUT2D eigenvalue weighted by Crippen LogP contribution is 2.37. The van der Waals surface area contributed by atoms with Gasteiger partial charge in [0.15, 0.2) is 5.60 Å². The number of anilines is 1. The maximum Gasteiger partial charge on any atom is 0.270 e. The van der Waals surface area contributed by atoms with Crippen LogP contribution >= 0.6 is 0 Å². The van der Waals surface area contributed by atoms with Crippen LogP contribution in [0.5, 0.6) is 11.5 Å². The Balaban J connectivity index is 1.55. The fourth-order valence-corrected chi connectivity index (χ4v) is 3.05. The highest BCUT2D eigenvalue weighted by molar-refractivity contribution is 6.02. The molecule has 6 nitrogen and oxygen atoms in total. The van der Waals surface area contributed by atoms with Crippen molar-refractivity contribution in [1.82, 2.24) is 5.32 Å². The van der Waals surface area contributed by atoms with Gasteiger partial charge in [0.2, 0.25) is 5.91 Å². The Hall–Kier alpha value is -3.02. The molecule has 0 bridgehead atoms. The third-order valence-electron chi connectivity index (χ3n) is 4.52. The Labute approximate surface area is 158 Å². The van der Waals surface area contributed by atoms with Gasteiger partial charge in [-0.05, 0) is 50.1 Å². The highest BCUT2D eigenvalue weighted by atomic mass is 16.5. The van der Waals surface area contributed by atoms with Gasteiger partial charge < -0.3 is 20.1 Å². The average Bonchev–Trinajstić information content (AvgIpc) is 2.63. The molecule has 0 radical (unpaired) electrons. The van der Waals surface area contributed by atoms with E-state index in [1.807, 2.05) is 36.4 Å². The van der Waals surface area contributed by atoms with E-state index in [1.54, 1.807) is 30.9 Å². The van der Waals surface area contributed by atoms with Gasteiger partial charge >= 0.3 is 0 Å². The van der Waals surface area contributed by atoms with Gasteiger partial charge in [-0.2, -0.15) is 0 Å². The fourth-order valence-electron chi connectivity index (χ4n) is 3.05. The Kier molecular flexibility index (Phi) is 5.35. The van der Waals surface area contributed by atoms with Crippen LogP contribution in [0.2, 0.25) is 0 Å². The third kappa shape index (κ3) is 4.39. The van der Waals surface area contributed by atoms with Gasteiger partial charge in [0, 0.05) is 19.5 Å². The van der Waals surface area contributed by atoms with Crippen molar-refractivity contribution in [2.24, 2.45) is 0 Å². The number of rotatable bonds is 6. The Morgan fingerprint density at radius 1 is 1.15 bits per heavy atom. The summed E-state index contributed by atoms with van der Waals surface area (Å²) in [7, 11) is 0. The summed E-state index contributed by atoms with van der Waals surface area (Å²) in [5.41, 5.74) is 0.773. The van der Waals surface area contributed by atoms with Crippen LogP contribution in [-0.2, 0) is 16.0 Å². The minimum atomic E-state index is -0.955. The first-order valence-electron chi connectivity index (χ1n) is 9.01. The van der Waals surface area contributed by atoms with Crippen LogP contribution in [0.4, 0.5) is 5.69 Å². The van der Waals surface area contributed by atoms with Gasteiger partial charge in [-0.1, -0.05) is 24.3 Å². The number of nitrogens with one attached hydrogen (secondary N) is 1. The van der Waals surface area contributed by atoms with E-state index in [0.717, 1.165) is 5.56 Å². The summed E-state index contributed by atoms with van der Waals surface area (Å²) in [4.78, 5) is 26.5. The molecule has 2 amide bonds. The minimum Gasteiger partial charge on any atom is -0.508 e. The topological polar surface area (TPSA) is 78.9 Å². The number of carbonyl (C=O) groups is 2. The zero-order chi connectivity index (χ0) is 19.4. The maximum absolute atomic E-state index is 12.7. The van der Waals surface area contributed by atoms with Crippen LogP contribution in [0.3, 0.4) is 0 Å². The molecule has 0 aromatic heterocycles. The lowest BCUT2D eigenvalue weighted by Gasteiger charge is -2.38. The van der Waals surface area contributed by atoms with Crippen LogP contribution < -0.4 is 15.0 Å². The number of amides is 2. The number of hydrogen-bond donors (Lipinski definition) is 2. The number of phenolic OH excluding ortho intramolecular Hbond substituents is 1. The average molecular weight is 368 g/mol. The number of phenols is 1. The summed E-state index contributed by atoms with van der Waals surface area (Å²) < 4.78 is 5.78. The van der Waals surface area contributed by atoms with Crippen molar-refractivity contribution in [3.05, 3.63) is 54.1 Å². The minimum absolute atomic E-state index is 0.108. The van der Waals surface area contributed by atoms with Crippen molar-refractivity contribution in [2.75, 3.05) is 18.0 Å². The molecule has 0 saturated carbocycles. The van der Waals surface area contributed by atoms with E-state index in [1.165, 1.54) is 0 Å². The molecule has 0 atom stereocenters. The molecule has 2 aromatic carbocycles. The van der Waals surface area contributed by atoms with Gasteiger partial charge in [-0.15, -0.1) is 0 Å². The molecule has 0 aliphatic carbocycles. The van der Waals surface area contributed by atoms with E-state index in [-0.39, 0.29) is 24.0 Å². The van der Waals surface area contributed by atoms with E-state index >= 15 is 0 Å². The Morgan fingerprint density at radius 2 is 1.85 bits per heavy atom. The lowest BCUT2D eigenvalue weighted by Crippen LogP contribution is -2.53. The van der Waals surface area contributed by atoms with Crippen LogP contribution in [0.1, 0.15) is 25.8 Å². The van der Waals surface area contributed by atoms with E-state index in [0.29, 0.717) is 30.9 Å². The number of aromatic hydroxyl groups is 1. The second kappa shape index (κ2) is 7.70. The van der Waals surface area contributed by atoms with Crippen LogP contribution in [-0.4, -0.2) is 35.6 Å². The van der Waals surface area contributed by atoms with E-state index < -0.39 is 5.60 Å². The first kappa shape index (κ1) is 18.8. The summed E-state index contributed by atoms with van der Waals surface area (Å²) >= 11 is 0. The number of fused-ring (bicyclic) bond motifs is 1. The van der Waals surface area contributed by atoms with Gasteiger partial charge in [0.25, 0.3) is 5.91 Å². The summed E-state index contributed by atoms with van der Waals surface area (Å²) in [6.45, 7) is 4.27. The molecule has 27 heavy (non-hydrogen) atoms. The first-order valence-corrected chi connectivity index (χ1v) is 9.01. The largest absolute Gasteiger partial charge is 0.508 e. The number of para-hydroxylation sites is 2. The van der Waals surface area contributed by atoms with Crippen molar-refractivity contribution in [2.45, 2.75) is 32.3 Å². The molecular weight excluding hydrogens is 344 g/mol. The van der Waals surface area contributed by atoms with E-state index in [2.05, 4.69) is 5.32 Å². The highest BCUT2D eigenvalue weighted by Gasteiger charge is 2.40. The molecule has 0 spiro atoms. The number of nitrogens with zero attached hydrogens (tertiary/aromatic N) is 1. The predicted octanol–water partition coefficient (Wildman–Crippen LogP) is 2.65. The molecule has 1 heterocycles. The van der Waals surface area contributed by atoms with Crippen LogP contribution in [0, 0.1) is 0 Å². The van der Waals surface area contributed by atoms with Gasteiger partial charge in [0.1, 0.15) is 11.5 Å². The standard InChI is InChI=1S/C21H24N2O4/c1-21(2)20(26)23(17-5-3-4-6-18(17)27-21)14-12-19(25)22-13-11-15-7-9-16(24)10-8-15/h3-10,24H,11-14H2,1-2H3,(H,22,25). The van der Waals surface area contributed by atoms with Crippen LogP contribution in [0.15, 0.2) is 48.5 Å². The number of benzene rings is 2. The zero-order valence-corrected chi connectivity index (χ0v) is 15.6. The molecule has 3 rings (SSSR count). The summed E-state index contributed by atoms with van der Waals surface area (Å²) in [6.07, 6.45) is 0.893. The number of ether oxygens (including phenoxy) is 1. The zero-order valence-electron chi connectivity index (χ0n) is 15.6. The quantitative estimate of drug-likeness (QED) is 0.822. The fraction of sp³-hybridized carbons (Fsp3) is 0.333. The summed E-state index contributed by atoms with van der Waals surface area (Å²) in [5, 5.41) is 12.2. The molecule has 6 heteroatoms. The van der Waals surface area contributed by atoms with E-state index in [4.69, 9.17) is 4.74 Å². The van der Waals surface area contributed by atoms with Gasteiger partial charge in [-0.25, -0.2) is 0 Å². The lowest BCUT2D eigenvalue weighted by molar-refractivity contribution is -0.132. The first-order chi connectivity index (χ1) is 12.9. The number of hydrogen-bond acceptors (Lipinski definition) is 4. The van der Waals surface area contributed by atoms with Crippen molar-refractivity contribution in [1.29, 1.82) is 0 Å². The normalized spacial score (nSPS) is 15.0. The second-order valence-corrected chi connectivity index (χ2v) is 7.05. The van der Waals surface area contributed by atoms with Crippen molar-refractivity contribution in [3.8, 4) is 11.5 Å². The van der Waals surface area contributed by atoms with Crippen molar-refractivity contribution < 1.29 is 19.4 Å². The predicted molar refractivity (Wildman–Crippen MR) is 103 cm³/mol. The monoisotopic (exact) mass is 368 g/mol. The molecule has 1 aliphatic rings.